The summed E-state index contributed by atoms with van der Waals surface area (Å²) in [7, 11) is 0. The van der Waals surface area contributed by atoms with Gasteiger partial charge >= 0.3 is 6.09 Å². The van der Waals surface area contributed by atoms with Gasteiger partial charge < -0.3 is 14.6 Å². The van der Waals surface area contributed by atoms with Gasteiger partial charge in [0.2, 0.25) is 11.7 Å². The van der Waals surface area contributed by atoms with Crippen molar-refractivity contribution in [2.45, 2.75) is 45.8 Å². The Labute approximate surface area is 201 Å². The molecule has 1 aliphatic rings. The first-order chi connectivity index (χ1) is 16.7. The van der Waals surface area contributed by atoms with Gasteiger partial charge in [0.05, 0.1) is 6.20 Å². The monoisotopic (exact) mass is 474 g/mol. The van der Waals surface area contributed by atoms with Crippen molar-refractivity contribution in [3.8, 4) is 11.4 Å². The predicted octanol–water partition coefficient (Wildman–Crippen LogP) is 4.63. The fourth-order valence-electron chi connectivity index (χ4n) is 3.85. The second-order valence-corrected chi connectivity index (χ2v) is 9.49. The molecule has 4 heterocycles. The van der Waals surface area contributed by atoms with Crippen LogP contribution in [-0.2, 0) is 4.74 Å². The van der Waals surface area contributed by atoms with Crippen LogP contribution >= 0.6 is 0 Å². The molecule has 1 saturated heterocycles. The number of carbonyl (C=O) groups is 2. The Morgan fingerprint density at radius 3 is 2.77 bits per heavy atom. The molecule has 4 aromatic rings. The van der Waals surface area contributed by atoms with E-state index in [4.69, 9.17) is 9.26 Å². The van der Waals surface area contributed by atoms with Crippen LogP contribution in [0.25, 0.3) is 17.0 Å². The first kappa shape index (κ1) is 22.6. The smallest absolute Gasteiger partial charge is 0.410 e. The Morgan fingerprint density at radius 2 is 2.03 bits per heavy atom. The van der Waals surface area contributed by atoms with Gasteiger partial charge in [0, 0.05) is 24.0 Å². The molecular weight excluding hydrogens is 448 g/mol. The molecule has 0 saturated carbocycles. The maximum absolute atomic E-state index is 13.0. The minimum Gasteiger partial charge on any atom is -0.444 e. The van der Waals surface area contributed by atoms with E-state index in [2.05, 4.69) is 20.4 Å². The summed E-state index contributed by atoms with van der Waals surface area (Å²) in [5.41, 5.74) is 2.74. The van der Waals surface area contributed by atoms with Gasteiger partial charge in [-0.25, -0.2) is 9.78 Å². The number of aryl methyl sites for hydroxylation is 1. The SMILES string of the molecule is Cc1ccc(-c2noc(C3CCN3C(=O)OC(C)(C)C)n2)cc1NC(=O)c1cnc2ccccn12. The van der Waals surface area contributed by atoms with E-state index in [1.807, 2.05) is 58.0 Å². The number of aromatic nitrogens is 4. The van der Waals surface area contributed by atoms with Gasteiger partial charge in [0.25, 0.3) is 5.91 Å². The van der Waals surface area contributed by atoms with E-state index in [9.17, 15) is 9.59 Å². The quantitative estimate of drug-likeness (QED) is 0.459. The highest BCUT2D eigenvalue weighted by molar-refractivity contribution is 6.04. The van der Waals surface area contributed by atoms with Crippen LogP contribution in [-0.4, -0.2) is 48.6 Å². The lowest BCUT2D eigenvalue weighted by Gasteiger charge is -2.39. The molecule has 10 nitrogen and oxygen atoms in total. The molecule has 1 unspecified atom stereocenters. The van der Waals surface area contributed by atoms with Crippen molar-refractivity contribution < 1.29 is 18.8 Å². The van der Waals surface area contributed by atoms with Crippen molar-refractivity contribution >= 4 is 23.3 Å². The lowest BCUT2D eigenvalue weighted by atomic mass is 10.0. The first-order valence-electron chi connectivity index (χ1n) is 11.4. The van der Waals surface area contributed by atoms with Gasteiger partial charge in [0.15, 0.2) is 0 Å². The van der Waals surface area contributed by atoms with Crippen LogP contribution in [0.3, 0.4) is 0 Å². The standard InChI is InChI=1S/C25H26N6O4/c1-15-8-9-16(13-17(15)27-22(32)19-14-26-20-7-5-6-11-30(19)20)21-28-23(35-29-21)18-10-12-31(18)24(33)34-25(2,3)4/h5-9,11,13-14,18H,10,12H2,1-4H3,(H,27,32). The van der Waals surface area contributed by atoms with Crippen LogP contribution in [0.4, 0.5) is 10.5 Å². The molecule has 0 spiro atoms. The number of rotatable bonds is 4. The summed E-state index contributed by atoms with van der Waals surface area (Å²) in [6.45, 7) is 7.96. The lowest BCUT2D eigenvalue weighted by molar-refractivity contribution is -0.0119. The molecule has 1 aromatic carbocycles. The molecule has 1 N–H and O–H groups in total. The molecule has 180 valence electrons. The average Bonchev–Trinajstić information content (AvgIpc) is 3.40. The zero-order valence-corrected chi connectivity index (χ0v) is 20.0. The fourth-order valence-corrected chi connectivity index (χ4v) is 3.85. The number of hydrogen-bond donors (Lipinski definition) is 1. The maximum atomic E-state index is 13.0. The van der Waals surface area contributed by atoms with Crippen molar-refractivity contribution in [1.29, 1.82) is 0 Å². The third kappa shape index (κ3) is 4.46. The van der Waals surface area contributed by atoms with Gasteiger partial charge in [-0.1, -0.05) is 23.4 Å². The van der Waals surface area contributed by atoms with E-state index < -0.39 is 11.7 Å². The summed E-state index contributed by atoms with van der Waals surface area (Å²) >= 11 is 0. The van der Waals surface area contributed by atoms with Gasteiger partial charge in [-0.2, -0.15) is 4.98 Å². The summed E-state index contributed by atoms with van der Waals surface area (Å²) in [4.78, 5) is 35.8. The van der Waals surface area contributed by atoms with Crippen LogP contribution in [0.15, 0.2) is 53.3 Å². The normalized spacial score (nSPS) is 15.7. The van der Waals surface area contributed by atoms with E-state index in [-0.39, 0.29) is 11.9 Å². The fraction of sp³-hybridized carbons (Fsp3) is 0.320. The molecule has 2 amide bonds. The van der Waals surface area contributed by atoms with Crippen molar-refractivity contribution in [3.05, 3.63) is 65.9 Å². The Balaban J connectivity index is 1.34. The number of hydrogen-bond acceptors (Lipinski definition) is 7. The highest BCUT2D eigenvalue weighted by Gasteiger charge is 2.39. The zero-order chi connectivity index (χ0) is 24.7. The Morgan fingerprint density at radius 1 is 1.20 bits per heavy atom. The highest BCUT2D eigenvalue weighted by Crippen LogP contribution is 2.35. The number of anilines is 1. The Hall–Kier alpha value is -4.21. The van der Waals surface area contributed by atoms with Crippen LogP contribution in [0.5, 0.6) is 0 Å². The Kier molecular flexibility index (Phi) is 5.50. The van der Waals surface area contributed by atoms with Gasteiger partial charge in [-0.05, 0) is 57.9 Å². The second-order valence-electron chi connectivity index (χ2n) is 9.49. The summed E-state index contributed by atoms with van der Waals surface area (Å²) in [5, 5.41) is 7.06. The maximum Gasteiger partial charge on any atom is 0.410 e. The van der Waals surface area contributed by atoms with E-state index >= 15 is 0 Å². The lowest BCUT2D eigenvalue weighted by Crippen LogP contribution is -2.47. The van der Waals surface area contributed by atoms with Crippen molar-refractivity contribution in [2.24, 2.45) is 0 Å². The zero-order valence-electron chi connectivity index (χ0n) is 20.0. The minimum atomic E-state index is -0.580. The first-order valence-corrected chi connectivity index (χ1v) is 11.4. The molecule has 3 aromatic heterocycles. The second kappa shape index (κ2) is 8.53. The van der Waals surface area contributed by atoms with Gasteiger partial charge in [0.1, 0.15) is 23.0 Å². The summed E-state index contributed by atoms with van der Waals surface area (Å²) in [6, 6.07) is 10.8. The third-order valence-corrected chi connectivity index (χ3v) is 5.77. The van der Waals surface area contributed by atoms with E-state index in [0.29, 0.717) is 40.9 Å². The number of pyridine rings is 1. The number of amides is 2. The van der Waals surface area contributed by atoms with E-state index in [0.717, 1.165) is 12.0 Å². The number of fused-ring (bicyclic) bond motifs is 1. The molecule has 35 heavy (non-hydrogen) atoms. The molecule has 1 atom stereocenters. The molecule has 0 aliphatic carbocycles. The van der Waals surface area contributed by atoms with Crippen LogP contribution in [0.2, 0.25) is 0 Å². The topological polar surface area (TPSA) is 115 Å². The van der Waals surface area contributed by atoms with Crippen molar-refractivity contribution in [3.63, 3.8) is 0 Å². The largest absolute Gasteiger partial charge is 0.444 e. The number of likely N-dealkylation sites (tertiary alicyclic amines) is 1. The number of benzene rings is 1. The predicted molar refractivity (Wildman–Crippen MR) is 128 cm³/mol. The summed E-state index contributed by atoms with van der Waals surface area (Å²) in [5.74, 6) is 0.454. The van der Waals surface area contributed by atoms with Crippen LogP contribution in [0, 0.1) is 6.92 Å². The highest BCUT2D eigenvalue weighted by atomic mass is 16.6. The van der Waals surface area contributed by atoms with Crippen LogP contribution < -0.4 is 5.32 Å². The summed E-state index contributed by atoms with van der Waals surface area (Å²) < 4.78 is 12.7. The Bertz CT molecular complexity index is 1420. The molecular formula is C25H26N6O4. The molecule has 0 radical (unpaired) electrons. The van der Waals surface area contributed by atoms with Gasteiger partial charge in [-0.15, -0.1) is 0 Å². The summed E-state index contributed by atoms with van der Waals surface area (Å²) in [6.07, 6.45) is 3.66. The molecule has 5 rings (SSSR count). The molecule has 10 heteroatoms. The molecule has 0 bridgehead atoms. The number of carbonyl (C=O) groups excluding carboxylic acids is 2. The third-order valence-electron chi connectivity index (χ3n) is 5.77. The number of imidazole rings is 1. The molecule has 1 aliphatic heterocycles. The number of nitrogens with zero attached hydrogens (tertiary/aromatic N) is 5. The van der Waals surface area contributed by atoms with Crippen molar-refractivity contribution in [1.82, 2.24) is 24.4 Å². The van der Waals surface area contributed by atoms with E-state index in [1.54, 1.807) is 27.8 Å². The van der Waals surface area contributed by atoms with Crippen molar-refractivity contribution in [2.75, 3.05) is 11.9 Å². The number of nitrogens with one attached hydrogen (secondary N) is 1. The minimum absolute atomic E-state index is 0.278. The average molecular weight is 475 g/mol. The molecule has 1 fully saturated rings. The van der Waals surface area contributed by atoms with E-state index in [1.165, 1.54) is 0 Å². The van der Waals surface area contributed by atoms with Gasteiger partial charge in [-0.3, -0.25) is 14.1 Å². The number of ether oxygens (including phenoxy) is 1. The van der Waals surface area contributed by atoms with Crippen LogP contribution in [0.1, 0.15) is 55.2 Å².